The van der Waals surface area contributed by atoms with Crippen LogP contribution in [0.3, 0.4) is 0 Å². The molecule has 0 aliphatic carbocycles. The zero-order valence-corrected chi connectivity index (χ0v) is 10.1. The van der Waals surface area contributed by atoms with Crippen LogP contribution in [0.1, 0.15) is 16.7 Å². The maximum absolute atomic E-state index is 5.28. The topological polar surface area (TPSA) is 44.5 Å². The van der Waals surface area contributed by atoms with Crippen molar-refractivity contribution in [3.63, 3.8) is 0 Å². The minimum absolute atomic E-state index is 0.356. The van der Waals surface area contributed by atoms with Crippen LogP contribution in [-0.2, 0) is 11.4 Å². The fourth-order valence-electron chi connectivity index (χ4n) is 1.39. The number of hydrogen-bond acceptors (Lipinski definition) is 3. The van der Waals surface area contributed by atoms with Crippen molar-refractivity contribution >= 4 is 15.9 Å². The molecule has 0 spiro atoms. The van der Waals surface area contributed by atoms with Crippen LogP contribution in [0.2, 0.25) is 0 Å². The number of hydrogen-bond donors (Lipinski definition) is 1. The number of benzene rings is 1. The van der Waals surface area contributed by atoms with E-state index in [9.17, 15) is 0 Å². The molecule has 1 aromatic carbocycles. The van der Waals surface area contributed by atoms with Gasteiger partial charge < -0.3 is 4.74 Å². The van der Waals surface area contributed by atoms with E-state index in [0.29, 0.717) is 6.61 Å². The predicted octanol–water partition coefficient (Wildman–Crippen LogP) is 2.46. The van der Waals surface area contributed by atoms with Gasteiger partial charge in [0.15, 0.2) is 0 Å². The fraction of sp³-hybridized carbons (Fsp3) is 0.400. The van der Waals surface area contributed by atoms with Gasteiger partial charge in [0.2, 0.25) is 0 Å². The van der Waals surface area contributed by atoms with E-state index in [4.69, 9.17) is 10.6 Å². The molecule has 0 unspecified atom stereocenters. The van der Waals surface area contributed by atoms with Crippen molar-refractivity contribution < 1.29 is 9.57 Å². The lowest BCUT2D eigenvalue weighted by Gasteiger charge is -2.14. The molecule has 0 aliphatic heterocycles. The van der Waals surface area contributed by atoms with Gasteiger partial charge in [0.1, 0.15) is 5.75 Å². The molecule has 0 radical (unpaired) electrons. The number of ether oxygens (including phenoxy) is 1. The van der Waals surface area contributed by atoms with E-state index in [-0.39, 0.29) is 0 Å². The summed E-state index contributed by atoms with van der Waals surface area (Å²) in [5.41, 5.74) is 3.32. The Morgan fingerprint density at radius 3 is 2.57 bits per heavy atom. The monoisotopic (exact) mass is 259 g/mol. The van der Waals surface area contributed by atoms with E-state index < -0.39 is 0 Å². The number of nitrogens with two attached hydrogens (primary N) is 1. The van der Waals surface area contributed by atoms with Crippen LogP contribution in [-0.4, -0.2) is 7.11 Å². The number of methoxy groups -OCH3 is 1. The van der Waals surface area contributed by atoms with Crippen LogP contribution in [0.5, 0.6) is 5.75 Å². The van der Waals surface area contributed by atoms with Crippen molar-refractivity contribution in [2.45, 2.75) is 20.5 Å². The first-order valence-corrected chi connectivity index (χ1v) is 5.05. The van der Waals surface area contributed by atoms with Crippen LogP contribution in [0, 0.1) is 13.8 Å². The summed E-state index contributed by atoms with van der Waals surface area (Å²) in [5, 5.41) is 0. The second-order valence-corrected chi connectivity index (χ2v) is 3.98. The van der Waals surface area contributed by atoms with Crippen LogP contribution in [0.15, 0.2) is 10.5 Å². The Bertz CT molecular complexity index is 339. The summed E-state index contributed by atoms with van der Waals surface area (Å²) in [4.78, 5) is 4.66. The molecule has 0 heterocycles. The highest BCUT2D eigenvalue weighted by Crippen LogP contribution is 2.33. The van der Waals surface area contributed by atoms with Crippen molar-refractivity contribution in [2.24, 2.45) is 5.90 Å². The lowest BCUT2D eigenvalue weighted by Crippen LogP contribution is -2.04. The highest BCUT2D eigenvalue weighted by molar-refractivity contribution is 9.10. The highest BCUT2D eigenvalue weighted by Gasteiger charge is 2.12. The third-order valence-corrected chi connectivity index (χ3v) is 2.90. The molecule has 1 aromatic rings. The summed E-state index contributed by atoms with van der Waals surface area (Å²) in [6.07, 6.45) is 0. The van der Waals surface area contributed by atoms with Gasteiger partial charge in [-0.15, -0.1) is 0 Å². The van der Waals surface area contributed by atoms with Crippen molar-refractivity contribution in [3.8, 4) is 5.75 Å². The van der Waals surface area contributed by atoms with Gasteiger partial charge in [-0.1, -0.05) is 0 Å². The molecule has 0 amide bonds. The molecule has 0 saturated carbocycles. The average molecular weight is 260 g/mol. The van der Waals surface area contributed by atoms with E-state index in [0.717, 1.165) is 21.3 Å². The zero-order valence-electron chi connectivity index (χ0n) is 8.56. The van der Waals surface area contributed by atoms with Gasteiger partial charge in [-0.25, -0.2) is 5.90 Å². The van der Waals surface area contributed by atoms with E-state index in [2.05, 4.69) is 20.8 Å². The molecule has 0 fully saturated rings. The third-order valence-electron chi connectivity index (χ3n) is 2.31. The molecule has 4 heteroatoms. The van der Waals surface area contributed by atoms with Crippen molar-refractivity contribution in [2.75, 3.05) is 7.11 Å². The number of aryl methyl sites for hydroxylation is 1. The molecule has 0 aromatic heterocycles. The Morgan fingerprint density at radius 2 is 2.07 bits per heavy atom. The van der Waals surface area contributed by atoms with Gasteiger partial charge in [0.05, 0.1) is 18.2 Å². The van der Waals surface area contributed by atoms with Gasteiger partial charge in [0, 0.05) is 5.56 Å². The minimum atomic E-state index is 0.356. The molecular formula is C10H14BrNO2. The minimum Gasteiger partial charge on any atom is -0.495 e. The lowest BCUT2D eigenvalue weighted by atomic mass is 10.0. The van der Waals surface area contributed by atoms with Gasteiger partial charge in [-0.3, -0.25) is 4.84 Å². The molecule has 0 saturated heterocycles. The van der Waals surface area contributed by atoms with E-state index in [1.165, 1.54) is 5.56 Å². The standard InChI is InChI=1S/C10H14BrNO2/c1-6-4-9(11)10(13-3)8(5-14-12)7(6)2/h4H,5,12H2,1-3H3. The Balaban J connectivity index is 3.32. The van der Waals surface area contributed by atoms with Gasteiger partial charge in [0.25, 0.3) is 0 Å². The molecule has 14 heavy (non-hydrogen) atoms. The second kappa shape index (κ2) is 4.77. The molecule has 0 bridgehead atoms. The van der Waals surface area contributed by atoms with E-state index in [1.807, 2.05) is 19.9 Å². The van der Waals surface area contributed by atoms with Gasteiger partial charge >= 0.3 is 0 Å². The normalized spacial score (nSPS) is 10.4. The predicted molar refractivity (Wildman–Crippen MR) is 59.1 cm³/mol. The summed E-state index contributed by atoms with van der Waals surface area (Å²) in [6, 6.07) is 2.02. The first-order chi connectivity index (χ1) is 6.61. The Morgan fingerprint density at radius 1 is 1.43 bits per heavy atom. The first kappa shape index (κ1) is 11.5. The molecule has 0 aliphatic rings. The largest absolute Gasteiger partial charge is 0.495 e. The van der Waals surface area contributed by atoms with Gasteiger partial charge in [-0.05, 0) is 47.0 Å². The maximum Gasteiger partial charge on any atom is 0.138 e. The molecule has 3 nitrogen and oxygen atoms in total. The van der Waals surface area contributed by atoms with Crippen LogP contribution in [0.25, 0.3) is 0 Å². The fourth-order valence-corrected chi connectivity index (χ4v) is 2.14. The smallest absolute Gasteiger partial charge is 0.138 e. The van der Waals surface area contributed by atoms with Crippen molar-refractivity contribution in [1.82, 2.24) is 0 Å². The number of halogens is 1. The Kier molecular flexibility index (Phi) is 3.92. The van der Waals surface area contributed by atoms with Gasteiger partial charge in [-0.2, -0.15) is 0 Å². The Hall–Kier alpha value is -0.580. The summed E-state index contributed by atoms with van der Waals surface area (Å²) in [7, 11) is 1.63. The zero-order chi connectivity index (χ0) is 10.7. The second-order valence-electron chi connectivity index (χ2n) is 3.12. The van der Waals surface area contributed by atoms with E-state index >= 15 is 0 Å². The number of rotatable bonds is 3. The molecule has 1 rings (SSSR count). The van der Waals surface area contributed by atoms with Crippen molar-refractivity contribution in [1.29, 1.82) is 0 Å². The van der Waals surface area contributed by atoms with Crippen molar-refractivity contribution in [3.05, 3.63) is 27.2 Å². The van der Waals surface area contributed by atoms with Crippen LogP contribution >= 0.6 is 15.9 Å². The molecule has 2 N–H and O–H groups in total. The summed E-state index contributed by atoms with van der Waals surface area (Å²) < 4.78 is 6.21. The SMILES string of the molecule is COc1c(Br)cc(C)c(C)c1CON. The summed E-state index contributed by atoms with van der Waals surface area (Å²) in [5.74, 6) is 5.87. The maximum atomic E-state index is 5.28. The van der Waals surface area contributed by atoms with E-state index in [1.54, 1.807) is 7.11 Å². The molecular weight excluding hydrogens is 246 g/mol. The average Bonchev–Trinajstić information content (AvgIpc) is 2.14. The summed E-state index contributed by atoms with van der Waals surface area (Å²) in [6.45, 7) is 4.42. The quantitative estimate of drug-likeness (QED) is 0.849. The highest BCUT2D eigenvalue weighted by atomic mass is 79.9. The Labute approximate surface area is 92.3 Å². The lowest BCUT2D eigenvalue weighted by molar-refractivity contribution is 0.121. The summed E-state index contributed by atoms with van der Waals surface area (Å²) >= 11 is 3.44. The van der Waals surface area contributed by atoms with Crippen LogP contribution < -0.4 is 10.6 Å². The molecule has 78 valence electrons. The third kappa shape index (κ3) is 2.08. The molecule has 0 atom stereocenters. The first-order valence-electron chi connectivity index (χ1n) is 4.26. The van der Waals surface area contributed by atoms with Crippen LogP contribution in [0.4, 0.5) is 0 Å².